The lowest BCUT2D eigenvalue weighted by molar-refractivity contribution is -0.118. The van der Waals surface area contributed by atoms with E-state index in [1.54, 1.807) is 6.07 Å². The van der Waals surface area contributed by atoms with Gasteiger partial charge in [0.15, 0.2) is 6.61 Å². The number of halogens is 1. The van der Waals surface area contributed by atoms with E-state index in [1.165, 1.54) is 18.5 Å². The van der Waals surface area contributed by atoms with Crippen molar-refractivity contribution in [2.24, 2.45) is 0 Å². The van der Waals surface area contributed by atoms with Gasteiger partial charge in [0.25, 0.3) is 5.91 Å². The van der Waals surface area contributed by atoms with Crippen LogP contribution in [-0.4, -0.2) is 22.5 Å². The molecule has 0 aliphatic carbocycles. The summed E-state index contributed by atoms with van der Waals surface area (Å²) in [5, 5.41) is 6.68. The zero-order chi connectivity index (χ0) is 17.4. The Labute approximate surface area is 143 Å². The third-order valence-electron chi connectivity index (χ3n) is 4.09. The molecule has 126 valence electrons. The van der Waals surface area contributed by atoms with Crippen molar-refractivity contribution in [3.05, 3.63) is 54.1 Å². The van der Waals surface area contributed by atoms with Crippen LogP contribution in [-0.2, 0) is 4.79 Å². The van der Waals surface area contributed by atoms with Crippen LogP contribution in [0.4, 0.5) is 15.9 Å². The average molecular weight is 338 g/mol. The van der Waals surface area contributed by atoms with Crippen molar-refractivity contribution in [3.63, 3.8) is 0 Å². The number of aromatic nitrogens is 2. The van der Waals surface area contributed by atoms with Gasteiger partial charge in [0.05, 0.1) is 17.2 Å². The van der Waals surface area contributed by atoms with Crippen molar-refractivity contribution in [2.45, 2.75) is 13.0 Å². The minimum atomic E-state index is -0.341. The van der Waals surface area contributed by atoms with E-state index in [9.17, 15) is 9.18 Å². The number of nitrogens with zero attached hydrogens (tertiary/aromatic N) is 2. The van der Waals surface area contributed by atoms with Crippen LogP contribution >= 0.6 is 0 Å². The van der Waals surface area contributed by atoms with Gasteiger partial charge in [-0.3, -0.25) is 4.79 Å². The molecule has 6 nitrogen and oxygen atoms in total. The van der Waals surface area contributed by atoms with Crippen LogP contribution in [0.1, 0.15) is 18.5 Å². The fourth-order valence-corrected chi connectivity index (χ4v) is 2.80. The monoisotopic (exact) mass is 338 g/mol. The van der Waals surface area contributed by atoms with E-state index in [0.717, 1.165) is 5.56 Å². The van der Waals surface area contributed by atoms with Gasteiger partial charge < -0.3 is 15.4 Å². The number of nitrogens with one attached hydrogen (secondary N) is 2. The van der Waals surface area contributed by atoms with Gasteiger partial charge >= 0.3 is 0 Å². The SMILES string of the molecule is C[C@H](Nc1ncnc2ccc(F)cc12)c1ccc2c(c1)NC(=O)CO2. The topological polar surface area (TPSA) is 76.1 Å². The van der Waals surface area contributed by atoms with Crippen molar-refractivity contribution in [1.29, 1.82) is 0 Å². The summed E-state index contributed by atoms with van der Waals surface area (Å²) in [5.74, 6) is 0.675. The minimum absolute atomic E-state index is 0.0264. The molecule has 0 unspecified atom stereocenters. The molecule has 0 spiro atoms. The number of benzene rings is 2. The molecule has 25 heavy (non-hydrogen) atoms. The molecule has 0 saturated heterocycles. The molecule has 2 N–H and O–H groups in total. The van der Waals surface area contributed by atoms with Crippen molar-refractivity contribution in [1.82, 2.24) is 9.97 Å². The number of carbonyl (C=O) groups is 1. The Morgan fingerprint density at radius 2 is 2.12 bits per heavy atom. The predicted molar refractivity (Wildman–Crippen MR) is 92.1 cm³/mol. The summed E-state index contributed by atoms with van der Waals surface area (Å²) in [7, 11) is 0. The van der Waals surface area contributed by atoms with E-state index >= 15 is 0 Å². The number of carbonyl (C=O) groups excluding carboxylic acids is 1. The molecule has 4 rings (SSSR count). The number of anilines is 2. The number of hydrogen-bond donors (Lipinski definition) is 2. The fraction of sp³-hybridized carbons (Fsp3) is 0.167. The van der Waals surface area contributed by atoms with E-state index in [0.29, 0.717) is 28.2 Å². The minimum Gasteiger partial charge on any atom is -0.482 e. The standard InChI is InChI=1S/C18H15FN4O2/c1-10(11-2-5-16-15(6-11)23-17(24)8-25-16)22-18-13-7-12(19)3-4-14(13)20-9-21-18/h2-7,9-10H,8H2,1H3,(H,23,24)(H,20,21,22)/t10-/m0/s1. The Kier molecular flexibility index (Phi) is 3.68. The first-order valence-electron chi connectivity index (χ1n) is 7.83. The van der Waals surface area contributed by atoms with Gasteiger partial charge in [0, 0.05) is 5.39 Å². The highest BCUT2D eigenvalue weighted by atomic mass is 19.1. The number of fused-ring (bicyclic) bond motifs is 2. The fourth-order valence-electron chi connectivity index (χ4n) is 2.80. The van der Waals surface area contributed by atoms with Gasteiger partial charge in [-0.05, 0) is 42.8 Å². The Morgan fingerprint density at radius 3 is 3.00 bits per heavy atom. The molecular weight excluding hydrogens is 323 g/mol. The molecule has 3 aromatic rings. The number of ether oxygens (including phenoxy) is 1. The predicted octanol–water partition coefficient (Wildman–Crippen LogP) is 3.27. The van der Waals surface area contributed by atoms with Gasteiger partial charge in [0.1, 0.15) is 23.7 Å². The highest BCUT2D eigenvalue weighted by Crippen LogP contribution is 2.32. The number of hydrogen-bond acceptors (Lipinski definition) is 5. The maximum Gasteiger partial charge on any atom is 0.262 e. The zero-order valence-electron chi connectivity index (χ0n) is 13.4. The summed E-state index contributed by atoms with van der Waals surface area (Å²) in [6.07, 6.45) is 1.44. The lowest BCUT2D eigenvalue weighted by Gasteiger charge is -2.21. The smallest absolute Gasteiger partial charge is 0.262 e. The molecule has 7 heteroatoms. The molecule has 2 heterocycles. The van der Waals surface area contributed by atoms with Gasteiger partial charge in [-0.1, -0.05) is 6.07 Å². The van der Waals surface area contributed by atoms with E-state index in [1.807, 2.05) is 25.1 Å². The van der Waals surface area contributed by atoms with Crippen molar-refractivity contribution >= 4 is 28.3 Å². The lowest BCUT2D eigenvalue weighted by Crippen LogP contribution is -2.25. The summed E-state index contributed by atoms with van der Waals surface area (Å²) in [6, 6.07) is 9.87. The van der Waals surface area contributed by atoms with Crippen LogP contribution in [0.25, 0.3) is 10.9 Å². The first kappa shape index (κ1) is 15.3. The molecule has 0 saturated carbocycles. The second kappa shape index (κ2) is 6.01. The maximum atomic E-state index is 13.6. The Hall–Kier alpha value is -3.22. The Balaban J connectivity index is 1.64. The van der Waals surface area contributed by atoms with Crippen LogP contribution in [0.15, 0.2) is 42.7 Å². The molecule has 1 aliphatic rings. The van der Waals surface area contributed by atoms with E-state index < -0.39 is 0 Å². The Morgan fingerprint density at radius 1 is 1.24 bits per heavy atom. The van der Waals surface area contributed by atoms with E-state index in [4.69, 9.17) is 4.74 Å². The van der Waals surface area contributed by atoms with Crippen molar-refractivity contribution in [2.75, 3.05) is 17.2 Å². The third kappa shape index (κ3) is 2.96. The van der Waals surface area contributed by atoms with E-state index in [-0.39, 0.29) is 24.4 Å². The highest BCUT2D eigenvalue weighted by Gasteiger charge is 2.18. The molecule has 1 atom stereocenters. The average Bonchev–Trinajstić information content (AvgIpc) is 2.61. The number of rotatable bonds is 3. The molecule has 0 radical (unpaired) electrons. The largest absolute Gasteiger partial charge is 0.482 e. The summed E-state index contributed by atoms with van der Waals surface area (Å²) >= 11 is 0. The molecule has 0 fully saturated rings. The van der Waals surface area contributed by atoms with Gasteiger partial charge in [-0.25, -0.2) is 14.4 Å². The Bertz CT molecular complexity index is 976. The van der Waals surface area contributed by atoms with E-state index in [2.05, 4.69) is 20.6 Å². The van der Waals surface area contributed by atoms with Crippen molar-refractivity contribution in [3.8, 4) is 5.75 Å². The van der Waals surface area contributed by atoms with Crippen LogP contribution in [0.3, 0.4) is 0 Å². The quantitative estimate of drug-likeness (QED) is 0.766. The molecule has 0 bridgehead atoms. The third-order valence-corrected chi connectivity index (χ3v) is 4.09. The van der Waals surface area contributed by atoms with Crippen LogP contribution in [0.2, 0.25) is 0 Å². The second-order valence-corrected chi connectivity index (χ2v) is 5.84. The highest BCUT2D eigenvalue weighted by molar-refractivity contribution is 5.95. The van der Waals surface area contributed by atoms with Crippen molar-refractivity contribution < 1.29 is 13.9 Å². The van der Waals surface area contributed by atoms with Gasteiger partial charge in [0.2, 0.25) is 0 Å². The molecule has 1 aliphatic heterocycles. The summed E-state index contributed by atoms with van der Waals surface area (Å²) in [5.41, 5.74) is 2.24. The summed E-state index contributed by atoms with van der Waals surface area (Å²) < 4.78 is 18.9. The molecule has 1 amide bonds. The van der Waals surface area contributed by atoms with Gasteiger partial charge in [-0.15, -0.1) is 0 Å². The molecule has 1 aromatic heterocycles. The normalized spacial score (nSPS) is 14.4. The van der Waals surface area contributed by atoms with Gasteiger partial charge in [-0.2, -0.15) is 0 Å². The second-order valence-electron chi connectivity index (χ2n) is 5.84. The van der Waals surface area contributed by atoms with Crippen LogP contribution in [0, 0.1) is 5.82 Å². The summed E-state index contributed by atoms with van der Waals surface area (Å²) in [4.78, 5) is 19.8. The first-order valence-corrected chi connectivity index (χ1v) is 7.83. The van der Waals surface area contributed by atoms with Crippen LogP contribution < -0.4 is 15.4 Å². The lowest BCUT2D eigenvalue weighted by atomic mass is 10.1. The zero-order valence-corrected chi connectivity index (χ0v) is 13.4. The number of amides is 1. The molecular formula is C18H15FN4O2. The maximum absolute atomic E-state index is 13.6. The van der Waals surface area contributed by atoms with Crippen LogP contribution in [0.5, 0.6) is 5.75 Å². The summed E-state index contributed by atoms with van der Waals surface area (Å²) in [6.45, 7) is 1.99. The first-order chi connectivity index (χ1) is 12.1. The molecule has 2 aromatic carbocycles.